The monoisotopic (exact) mass is 492 g/mol. The Kier molecular flexibility index (Phi) is 4.08. The van der Waals surface area contributed by atoms with Gasteiger partial charge in [-0.2, -0.15) is 0 Å². The first-order valence-electron chi connectivity index (χ1n) is 7.21. The van der Waals surface area contributed by atoms with Crippen molar-refractivity contribution in [2.75, 3.05) is 0 Å². The average Bonchev–Trinajstić information content (AvgIpc) is 2.56. The van der Waals surface area contributed by atoms with Gasteiger partial charge in [-0.1, -0.05) is 76.1 Å². The Morgan fingerprint density at radius 2 is 1.43 bits per heavy atom. The Labute approximate surface area is 161 Å². The van der Waals surface area contributed by atoms with E-state index in [0.717, 1.165) is 9.50 Å². The molecule has 23 heavy (non-hydrogen) atoms. The summed E-state index contributed by atoms with van der Waals surface area (Å²) in [5, 5.41) is 5.69. The molecule has 0 spiro atoms. The second-order valence-electron chi connectivity index (χ2n) is 5.40. The maximum absolute atomic E-state index is 6.24. The Bertz CT molecular complexity index is 1060. The molecule has 0 aromatic heterocycles. The zero-order valence-corrected chi connectivity index (χ0v) is 16.5. The molecule has 0 saturated heterocycles. The van der Waals surface area contributed by atoms with Crippen molar-refractivity contribution in [2.45, 2.75) is 0 Å². The summed E-state index contributed by atoms with van der Waals surface area (Å²) in [5.74, 6) is 0. The average molecular weight is 494 g/mol. The molecule has 0 radical (unpaired) electrons. The van der Waals surface area contributed by atoms with Crippen LogP contribution in [0.3, 0.4) is 0 Å². The summed E-state index contributed by atoms with van der Waals surface area (Å²) in [5.41, 5.74) is 2.48. The molecular formula is C20H11BrClI. The topological polar surface area (TPSA) is 0 Å². The highest BCUT2D eigenvalue weighted by Crippen LogP contribution is 2.42. The first-order valence-corrected chi connectivity index (χ1v) is 9.46. The predicted molar refractivity (Wildman–Crippen MR) is 112 cm³/mol. The van der Waals surface area contributed by atoms with E-state index in [-0.39, 0.29) is 0 Å². The maximum atomic E-state index is 6.24. The maximum Gasteiger partial charge on any atom is 0.0412 e. The van der Waals surface area contributed by atoms with Crippen LogP contribution in [0.25, 0.3) is 32.7 Å². The van der Waals surface area contributed by atoms with Crippen LogP contribution in [-0.4, -0.2) is 0 Å². The molecule has 0 N–H and O–H groups in total. The largest absolute Gasteiger partial charge is 0.0843 e. The van der Waals surface area contributed by atoms with Crippen molar-refractivity contribution < 1.29 is 0 Å². The first kappa shape index (κ1) is 15.4. The molecule has 4 aromatic carbocycles. The summed E-state index contributed by atoms with van der Waals surface area (Å²) in [6.07, 6.45) is 0. The van der Waals surface area contributed by atoms with Gasteiger partial charge in [0.1, 0.15) is 0 Å². The minimum Gasteiger partial charge on any atom is -0.0843 e. The van der Waals surface area contributed by atoms with E-state index in [1.165, 1.54) is 36.2 Å². The summed E-state index contributed by atoms with van der Waals surface area (Å²) in [6.45, 7) is 0. The number of benzene rings is 4. The number of hydrogen-bond acceptors (Lipinski definition) is 0. The van der Waals surface area contributed by atoms with Crippen LogP contribution in [0, 0.1) is 3.57 Å². The van der Waals surface area contributed by atoms with Crippen molar-refractivity contribution in [3.8, 4) is 11.1 Å². The molecule has 0 aliphatic rings. The molecule has 0 heterocycles. The van der Waals surface area contributed by atoms with E-state index >= 15 is 0 Å². The highest BCUT2D eigenvalue weighted by atomic mass is 127. The molecule has 0 fully saturated rings. The minimum atomic E-state index is 0.770. The van der Waals surface area contributed by atoms with Gasteiger partial charge in [-0.05, 0) is 67.9 Å². The fraction of sp³-hybridized carbons (Fsp3) is 0. The lowest BCUT2D eigenvalue weighted by molar-refractivity contribution is 1.60. The van der Waals surface area contributed by atoms with Gasteiger partial charge in [0.25, 0.3) is 0 Å². The highest BCUT2D eigenvalue weighted by molar-refractivity contribution is 14.1. The molecular weight excluding hydrogens is 482 g/mol. The van der Waals surface area contributed by atoms with Crippen LogP contribution in [0.1, 0.15) is 0 Å². The third-order valence-corrected chi connectivity index (χ3v) is 6.11. The van der Waals surface area contributed by atoms with Gasteiger partial charge in [0.15, 0.2) is 0 Å². The lowest BCUT2D eigenvalue weighted by Crippen LogP contribution is -1.90. The first-order chi connectivity index (χ1) is 11.2. The second kappa shape index (κ2) is 6.08. The Hall–Kier alpha value is -1.10. The summed E-state index contributed by atoms with van der Waals surface area (Å²) < 4.78 is 2.36. The zero-order valence-electron chi connectivity index (χ0n) is 12.0. The van der Waals surface area contributed by atoms with E-state index in [9.17, 15) is 0 Å². The summed E-state index contributed by atoms with van der Waals surface area (Å²) in [4.78, 5) is 0. The van der Waals surface area contributed by atoms with Crippen molar-refractivity contribution in [3.05, 3.63) is 79.8 Å². The van der Waals surface area contributed by atoms with E-state index in [1.54, 1.807) is 0 Å². The molecule has 0 atom stereocenters. The normalized spacial score (nSPS) is 11.3. The molecule has 0 amide bonds. The fourth-order valence-corrected chi connectivity index (χ4v) is 4.75. The molecule has 0 nitrogen and oxygen atoms in total. The van der Waals surface area contributed by atoms with Crippen LogP contribution in [0.2, 0.25) is 5.02 Å². The van der Waals surface area contributed by atoms with Gasteiger partial charge in [-0.3, -0.25) is 0 Å². The lowest BCUT2D eigenvalue weighted by atomic mass is 9.93. The Balaban J connectivity index is 2.26. The fourth-order valence-electron chi connectivity index (χ4n) is 3.05. The summed E-state index contributed by atoms with van der Waals surface area (Å²) in [7, 11) is 0. The van der Waals surface area contributed by atoms with Crippen molar-refractivity contribution in [3.63, 3.8) is 0 Å². The van der Waals surface area contributed by atoms with E-state index < -0.39 is 0 Å². The van der Waals surface area contributed by atoms with Gasteiger partial charge in [0, 0.05) is 18.6 Å². The van der Waals surface area contributed by atoms with E-state index in [4.69, 9.17) is 11.6 Å². The number of rotatable bonds is 1. The SMILES string of the molecule is Clc1ccc2c(I)c(-c3ccccc3Br)c3ccccc3c2c1. The number of halogens is 3. The summed E-state index contributed by atoms with van der Waals surface area (Å²) in [6, 6.07) is 23.1. The lowest BCUT2D eigenvalue weighted by Gasteiger charge is -2.15. The van der Waals surface area contributed by atoms with Gasteiger partial charge < -0.3 is 0 Å². The third-order valence-electron chi connectivity index (χ3n) is 4.07. The molecule has 4 rings (SSSR count). The van der Waals surface area contributed by atoms with Crippen molar-refractivity contribution in [1.82, 2.24) is 0 Å². The van der Waals surface area contributed by atoms with Crippen LogP contribution in [0.4, 0.5) is 0 Å². The van der Waals surface area contributed by atoms with Gasteiger partial charge in [0.2, 0.25) is 0 Å². The minimum absolute atomic E-state index is 0.770. The van der Waals surface area contributed by atoms with Crippen LogP contribution < -0.4 is 0 Å². The van der Waals surface area contributed by atoms with Gasteiger partial charge in [-0.25, -0.2) is 0 Å². The van der Waals surface area contributed by atoms with Crippen molar-refractivity contribution >= 4 is 71.7 Å². The number of hydrogen-bond donors (Lipinski definition) is 0. The smallest absolute Gasteiger partial charge is 0.0412 e. The molecule has 0 aliphatic heterocycles. The van der Waals surface area contributed by atoms with Crippen LogP contribution >= 0.6 is 50.1 Å². The van der Waals surface area contributed by atoms with Crippen LogP contribution in [-0.2, 0) is 0 Å². The molecule has 0 aliphatic carbocycles. The molecule has 112 valence electrons. The van der Waals surface area contributed by atoms with Crippen LogP contribution in [0.15, 0.2) is 71.2 Å². The predicted octanol–water partition coefficient (Wildman–Crippen LogP) is 7.68. The van der Waals surface area contributed by atoms with E-state index in [0.29, 0.717) is 0 Å². The molecule has 3 heteroatoms. The molecule has 4 aromatic rings. The third kappa shape index (κ3) is 2.57. The Morgan fingerprint density at radius 1 is 0.739 bits per heavy atom. The van der Waals surface area contributed by atoms with E-state index in [1.807, 2.05) is 12.1 Å². The second-order valence-corrected chi connectivity index (χ2v) is 7.77. The van der Waals surface area contributed by atoms with Gasteiger partial charge in [-0.15, -0.1) is 0 Å². The standard InChI is InChI=1S/C20H11BrClI/c21-18-8-4-3-7-16(18)19-14-6-2-1-5-13(14)17-11-12(22)9-10-15(17)20(19)23/h1-11H. The molecule has 0 unspecified atom stereocenters. The van der Waals surface area contributed by atoms with E-state index in [2.05, 4.69) is 93.1 Å². The molecule has 0 saturated carbocycles. The zero-order chi connectivity index (χ0) is 16.0. The molecule has 0 bridgehead atoms. The Morgan fingerprint density at radius 3 is 2.22 bits per heavy atom. The van der Waals surface area contributed by atoms with Gasteiger partial charge >= 0.3 is 0 Å². The highest BCUT2D eigenvalue weighted by Gasteiger charge is 2.15. The van der Waals surface area contributed by atoms with Crippen molar-refractivity contribution in [1.29, 1.82) is 0 Å². The quantitative estimate of drug-likeness (QED) is 0.188. The summed E-state index contributed by atoms with van der Waals surface area (Å²) >= 11 is 12.4. The van der Waals surface area contributed by atoms with Crippen molar-refractivity contribution in [2.24, 2.45) is 0 Å². The number of fused-ring (bicyclic) bond motifs is 3. The van der Waals surface area contributed by atoms with Crippen LogP contribution in [0.5, 0.6) is 0 Å². The van der Waals surface area contributed by atoms with Gasteiger partial charge in [0.05, 0.1) is 0 Å².